The summed E-state index contributed by atoms with van der Waals surface area (Å²) in [6, 6.07) is 8.20. The molecule has 0 aliphatic heterocycles. The summed E-state index contributed by atoms with van der Waals surface area (Å²) in [4.78, 5) is 9.61. The summed E-state index contributed by atoms with van der Waals surface area (Å²) in [6.45, 7) is 2.04. The quantitative estimate of drug-likeness (QED) is 0.442. The van der Waals surface area contributed by atoms with Gasteiger partial charge in [-0.3, -0.25) is 0 Å². The fourth-order valence-electron chi connectivity index (χ4n) is 1.79. The van der Waals surface area contributed by atoms with Crippen molar-refractivity contribution in [1.29, 1.82) is 0 Å². The van der Waals surface area contributed by atoms with Gasteiger partial charge in [0.1, 0.15) is 18.0 Å². The van der Waals surface area contributed by atoms with Crippen LogP contribution in [0.3, 0.4) is 0 Å². The van der Waals surface area contributed by atoms with Gasteiger partial charge in [0.2, 0.25) is 0 Å². The zero-order valence-corrected chi connectivity index (χ0v) is 11.8. The van der Waals surface area contributed by atoms with E-state index in [0.29, 0.717) is 5.82 Å². The van der Waals surface area contributed by atoms with Crippen molar-refractivity contribution >= 4 is 29.1 Å². The second-order valence-corrected chi connectivity index (χ2v) is 4.78. The molecule has 0 amide bonds. The molecule has 1 aromatic carbocycles. The average Bonchev–Trinajstić information content (AvgIpc) is 2.47. The molecule has 6 heteroatoms. The third-order valence-electron chi connectivity index (χ3n) is 2.79. The minimum atomic E-state index is 0.653. The Hall–Kier alpha value is -1.79. The van der Waals surface area contributed by atoms with Gasteiger partial charge in [-0.05, 0) is 36.9 Å². The van der Waals surface area contributed by atoms with Crippen molar-refractivity contribution in [3.05, 3.63) is 36.2 Å². The molecule has 4 N–H and O–H groups in total. The van der Waals surface area contributed by atoms with E-state index in [1.54, 1.807) is 11.8 Å². The lowest BCUT2D eigenvalue weighted by molar-refractivity contribution is 1.04. The minimum absolute atomic E-state index is 0.653. The van der Waals surface area contributed by atoms with Crippen LogP contribution in [0, 0.1) is 0 Å². The highest BCUT2D eigenvalue weighted by molar-refractivity contribution is 7.98. The van der Waals surface area contributed by atoms with Crippen molar-refractivity contribution in [2.45, 2.75) is 18.2 Å². The van der Waals surface area contributed by atoms with Gasteiger partial charge in [-0.15, -0.1) is 11.8 Å². The molecule has 2 aromatic rings. The first-order chi connectivity index (χ1) is 9.28. The van der Waals surface area contributed by atoms with Crippen molar-refractivity contribution in [3.63, 3.8) is 0 Å². The molecule has 19 heavy (non-hydrogen) atoms. The number of aromatic nitrogens is 2. The van der Waals surface area contributed by atoms with E-state index in [4.69, 9.17) is 5.84 Å². The average molecular weight is 275 g/mol. The van der Waals surface area contributed by atoms with Crippen LogP contribution in [-0.4, -0.2) is 16.2 Å². The van der Waals surface area contributed by atoms with Crippen LogP contribution in [0.25, 0.3) is 0 Å². The number of nitrogens with two attached hydrogens (primary N) is 1. The number of anilines is 3. The summed E-state index contributed by atoms with van der Waals surface area (Å²) < 4.78 is 0. The van der Waals surface area contributed by atoms with E-state index < -0.39 is 0 Å². The highest BCUT2D eigenvalue weighted by Crippen LogP contribution is 2.24. The Balaban J connectivity index is 2.26. The maximum absolute atomic E-state index is 5.46. The number of hydrogen-bond acceptors (Lipinski definition) is 6. The van der Waals surface area contributed by atoms with Crippen molar-refractivity contribution in [2.75, 3.05) is 17.0 Å². The molecule has 0 aliphatic carbocycles. The highest BCUT2D eigenvalue weighted by Gasteiger charge is 2.08. The maximum Gasteiger partial charge on any atom is 0.148 e. The lowest BCUT2D eigenvalue weighted by atomic mass is 10.2. The minimum Gasteiger partial charge on any atom is -0.340 e. The Morgan fingerprint density at radius 2 is 1.84 bits per heavy atom. The first-order valence-corrected chi connectivity index (χ1v) is 7.22. The van der Waals surface area contributed by atoms with E-state index in [0.717, 1.165) is 23.5 Å². The van der Waals surface area contributed by atoms with Gasteiger partial charge in [-0.25, -0.2) is 15.8 Å². The summed E-state index contributed by atoms with van der Waals surface area (Å²) in [7, 11) is 0. The van der Waals surface area contributed by atoms with E-state index in [2.05, 4.69) is 39.1 Å². The Morgan fingerprint density at radius 1 is 1.16 bits per heavy atom. The van der Waals surface area contributed by atoms with Crippen molar-refractivity contribution in [1.82, 2.24) is 9.97 Å². The lowest BCUT2D eigenvalue weighted by Crippen LogP contribution is -2.13. The fraction of sp³-hybridized carbons (Fsp3) is 0.231. The van der Waals surface area contributed by atoms with Crippen LogP contribution < -0.4 is 16.6 Å². The zero-order valence-electron chi connectivity index (χ0n) is 11.0. The van der Waals surface area contributed by atoms with Crippen LogP contribution in [-0.2, 0) is 6.42 Å². The molecule has 5 nitrogen and oxygen atoms in total. The molecule has 0 atom stereocenters. The monoisotopic (exact) mass is 275 g/mol. The van der Waals surface area contributed by atoms with Gasteiger partial charge in [-0.1, -0.05) is 6.92 Å². The molecule has 0 saturated carbocycles. The second-order valence-electron chi connectivity index (χ2n) is 3.90. The number of benzene rings is 1. The normalized spacial score (nSPS) is 10.3. The third kappa shape index (κ3) is 3.15. The summed E-state index contributed by atoms with van der Waals surface area (Å²) in [6.07, 6.45) is 4.35. The van der Waals surface area contributed by atoms with Gasteiger partial charge >= 0.3 is 0 Å². The van der Waals surface area contributed by atoms with E-state index in [1.807, 2.05) is 19.1 Å². The topological polar surface area (TPSA) is 75.9 Å². The molecule has 0 spiro atoms. The Kier molecular flexibility index (Phi) is 4.59. The molecule has 0 saturated heterocycles. The molecule has 1 aromatic heterocycles. The molecule has 1 heterocycles. The predicted molar refractivity (Wildman–Crippen MR) is 80.7 cm³/mol. The zero-order chi connectivity index (χ0) is 13.7. The van der Waals surface area contributed by atoms with E-state index >= 15 is 0 Å². The highest BCUT2D eigenvalue weighted by atomic mass is 32.2. The van der Waals surface area contributed by atoms with Gasteiger partial charge in [0, 0.05) is 16.1 Å². The number of nitrogens with zero attached hydrogens (tertiary/aromatic N) is 2. The summed E-state index contributed by atoms with van der Waals surface area (Å²) in [5.41, 5.74) is 4.56. The summed E-state index contributed by atoms with van der Waals surface area (Å²) in [5, 5.41) is 3.29. The molecule has 0 radical (unpaired) electrons. The molecule has 0 aliphatic rings. The van der Waals surface area contributed by atoms with Crippen LogP contribution in [0.4, 0.5) is 17.3 Å². The van der Waals surface area contributed by atoms with E-state index in [9.17, 15) is 0 Å². The summed E-state index contributed by atoms with van der Waals surface area (Å²) >= 11 is 1.72. The standard InChI is InChI=1S/C13H17N5S/c1-3-11-12(15-8-16-13(11)18-14)17-9-4-6-10(19-2)7-5-9/h4-8H,3,14H2,1-2H3,(H2,15,16,17,18). The van der Waals surface area contributed by atoms with E-state index in [1.165, 1.54) is 11.2 Å². The molecule has 0 unspecified atom stereocenters. The van der Waals surface area contributed by atoms with Crippen LogP contribution >= 0.6 is 11.8 Å². The Bertz CT molecular complexity index is 541. The molecule has 0 fully saturated rings. The van der Waals surface area contributed by atoms with Gasteiger partial charge in [0.15, 0.2) is 0 Å². The van der Waals surface area contributed by atoms with Crippen LogP contribution in [0.2, 0.25) is 0 Å². The number of hydrazine groups is 1. The van der Waals surface area contributed by atoms with Gasteiger partial charge in [-0.2, -0.15) is 0 Å². The Morgan fingerprint density at radius 3 is 2.42 bits per heavy atom. The third-order valence-corrected chi connectivity index (χ3v) is 3.53. The van der Waals surface area contributed by atoms with Gasteiger partial charge < -0.3 is 10.7 Å². The molecular formula is C13H17N5S. The smallest absolute Gasteiger partial charge is 0.148 e. The molecule has 0 bridgehead atoms. The second kappa shape index (κ2) is 6.40. The van der Waals surface area contributed by atoms with Crippen molar-refractivity contribution in [2.24, 2.45) is 5.84 Å². The predicted octanol–water partition coefficient (Wildman–Crippen LogP) is 2.79. The number of nitrogens with one attached hydrogen (secondary N) is 2. The molecule has 2 rings (SSSR count). The fourth-order valence-corrected chi connectivity index (χ4v) is 2.20. The largest absolute Gasteiger partial charge is 0.340 e. The van der Waals surface area contributed by atoms with Gasteiger partial charge in [0.05, 0.1) is 0 Å². The Labute approximate surface area is 117 Å². The van der Waals surface area contributed by atoms with Crippen LogP contribution in [0.15, 0.2) is 35.5 Å². The SMILES string of the molecule is CCc1c(NN)ncnc1Nc1ccc(SC)cc1. The van der Waals surface area contributed by atoms with Crippen molar-refractivity contribution in [3.8, 4) is 0 Å². The molecular weight excluding hydrogens is 258 g/mol. The summed E-state index contributed by atoms with van der Waals surface area (Å²) in [5.74, 6) is 6.89. The number of nitrogen functional groups attached to an aromatic ring is 1. The van der Waals surface area contributed by atoms with E-state index in [-0.39, 0.29) is 0 Å². The van der Waals surface area contributed by atoms with Crippen LogP contribution in [0.5, 0.6) is 0 Å². The van der Waals surface area contributed by atoms with Gasteiger partial charge in [0.25, 0.3) is 0 Å². The number of hydrogen-bond donors (Lipinski definition) is 3. The number of thioether (sulfide) groups is 1. The lowest BCUT2D eigenvalue weighted by Gasteiger charge is -2.12. The van der Waals surface area contributed by atoms with Crippen LogP contribution in [0.1, 0.15) is 12.5 Å². The number of rotatable bonds is 5. The first-order valence-electron chi connectivity index (χ1n) is 6.00. The first kappa shape index (κ1) is 13.6. The molecule has 100 valence electrons. The van der Waals surface area contributed by atoms with Crippen molar-refractivity contribution < 1.29 is 0 Å². The maximum atomic E-state index is 5.46.